The number of alkyl carbamates (subject to hydrolysis) is 1. The number of ether oxygens (including phenoxy) is 3. The fourth-order valence-electron chi connectivity index (χ4n) is 2.92. The highest BCUT2D eigenvalue weighted by Gasteiger charge is 2.32. The molecule has 0 aromatic carbocycles. The molecule has 1 heterocycles. The van der Waals surface area contributed by atoms with Crippen molar-refractivity contribution < 1.29 is 33.7 Å². The standard InChI is InChI=1S/C25H40N2O7/c1-23(2,3)32-20(29)16(14-17-11-12-18(28)15-26-17)10-13-19(21(30)33-24(4,5)6)27-22(31)34-25(7,8)9/h11-12,15-16,19,28H,10,13-14H2,1-9H3,(H,27,31)/t16?,19-/m0/s1. The van der Waals surface area contributed by atoms with Crippen molar-refractivity contribution in [2.75, 3.05) is 0 Å². The normalized spacial score (nSPS) is 14.0. The summed E-state index contributed by atoms with van der Waals surface area (Å²) in [6.45, 7) is 15.7. The number of esters is 2. The summed E-state index contributed by atoms with van der Waals surface area (Å²) in [6.07, 6.45) is 1.13. The molecule has 1 amide bonds. The van der Waals surface area contributed by atoms with E-state index in [4.69, 9.17) is 14.2 Å². The van der Waals surface area contributed by atoms with Crippen LogP contribution in [0.2, 0.25) is 0 Å². The van der Waals surface area contributed by atoms with Crippen molar-refractivity contribution in [2.45, 2.75) is 104 Å². The third-order valence-corrected chi connectivity index (χ3v) is 4.19. The van der Waals surface area contributed by atoms with Crippen molar-refractivity contribution in [1.29, 1.82) is 0 Å². The van der Waals surface area contributed by atoms with Gasteiger partial charge in [0, 0.05) is 12.1 Å². The van der Waals surface area contributed by atoms with Crippen molar-refractivity contribution in [3.8, 4) is 5.75 Å². The highest BCUT2D eigenvalue weighted by atomic mass is 16.6. The number of aromatic nitrogens is 1. The maximum absolute atomic E-state index is 12.9. The summed E-state index contributed by atoms with van der Waals surface area (Å²) in [5.74, 6) is -1.68. The van der Waals surface area contributed by atoms with Crippen LogP contribution in [-0.2, 0) is 30.2 Å². The van der Waals surface area contributed by atoms with Crippen molar-refractivity contribution in [2.24, 2.45) is 5.92 Å². The van der Waals surface area contributed by atoms with E-state index in [1.54, 1.807) is 68.4 Å². The van der Waals surface area contributed by atoms with Crippen LogP contribution in [-0.4, -0.2) is 51.0 Å². The molecule has 0 bridgehead atoms. The molecule has 0 fully saturated rings. The van der Waals surface area contributed by atoms with E-state index in [9.17, 15) is 19.5 Å². The van der Waals surface area contributed by atoms with Crippen LogP contribution in [0.4, 0.5) is 4.79 Å². The van der Waals surface area contributed by atoms with Crippen LogP contribution in [0.3, 0.4) is 0 Å². The lowest BCUT2D eigenvalue weighted by molar-refractivity contribution is -0.162. The molecule has 9 heteroatoms. The zero-order chi connectivity index (χ0) is 26.3. The molecule has 1 unspecified atom stereocenters. The number of nitrogens with zero attached hydrogens (tertiary/aromatic N) is 1. The van der Waals surface area contributed by atoms with E-state index < -0.39 is 46.8 Å². The zero-order valence-corrected chi connectivity index (χ0v) is 21.9. The van der Waals surface area contributed by atoms with Gasteiger partial charge in [0.15, 0.2) is 0 Å². The summed E-state index contributed by atoms with van der Waals surface area (Å²) < 4.78 is 16.3. The van der Waals surface area contributed by atoms with Crippen molar-refractivity contribution in [1.82, 2.24) is 10.3 Å². The monoisotopic (exact) mass is 480 g/mol. The molecule has 1 rings (SSSR count). The van der Waals surface area contributed by atoms with Crippen molar-refractivity contribution in [3.05, 3.63) is 24.0 Å². The second kappa shape index (κ2) is 11.5. The van der Waals surface area contributed by atoms with Gasteiger partial charge in [-0.1, -0.05) is 0 Å². The van der Waals surface area contributed by atoms with Gasteiger partial charge in [-0.05, 0) is 87.3 Å². The van der Waals surface area contributed by atoms with E-state index in [-0.39, 0.29) is 25.0 Å². The summed E-state index contributed by atoms with van der Waals surface area (Å²) >= 11 is 0. The predicted octanol–water partition coefficient (Wildman–Crippen LogP) is 4.30. The first kappa shape index (κ1) is 29.2. The summed E-state index contributed by atoms with van der Waals surface area (Å²) in [5, 5.41) is 12.1. The summed E-state index contributed by atoms with van der Waals surface area (Å²) in [5.41, 5.74) is -1.61. The lowest BCUT2D eigenvalue weighted by Gasteiger charge is -2.28. The minimum atomic E-state index is -1.02. The smallest absolute Gasteiger partial charge is 0.408 e. The first-order chi connectivity index (χ1) is 15.3. The predicted molar refractivity (Wildman–Crippen MR) is 127 cm³/mol. The van der Waals surface area contributed by atoms with Gasteiger partial charge in [-0.2, -0.15) is 0 Å². The second-order valence-corrected chi connectivity index (χ2v) is 11.3. The molecule has 0 aliphatic carbocycles. The summed E-state index contributed by atoms with van der Waals surface area (Å²) in [7, 11) is 0. The van der Waals surface area contributed by atoms with Gasteiger partial charge in [0.1, 0.15) is 28.6 Å². The Labute approximate surface area is 202 Å². The Morgan fingerprint density at radius 2 is 1.38 bits per heavy atom. The molecule has 9 nitrogen and oxygen atoms in total. The minimum Gasteiger partial charge on any atom is -0.506 e. The third kappa shape index (κ3) is 12.4. The van der Waals surface area contributed by atoms with E-state index >= 15 is 0 Å². The van der Waals surface area contributed by atoms with Crippen LogP contribution in [0.15, 0.2) is 18.3 Å². The number of hydrogen-bond donors (Lipinski definition) is 2. The highest BCUT2D eigenvalue weighted by Crippen LogP contribution is 2.22. The molecule has 0 radical (unpaired) electrons. The van der Waals surface area contributed by atoms with Gasteiger partial charge in [-0.3, -0.25) is 9.78 Å². The molecule has 2 N–H and O–H groups in total. The Bertz CT molecular complexity index is 831. The van der Waals surface area contributed by atoms with Crippen LogP contribution >= 0.6 is 0 Å². The molecule has 1 aromatic rings. The quantitative estimate of drug-likeness (QED) is 0.417. The van der Waals surface area contributed by atoms with Crippen LogP contribution in [0.1, 0.15) is 80.8 Å². The Morgan fingerprint density at radius 1 is 0.853 bits per heavy atom. The van der Waals surface area contributed by atoms with Gasteiger partial charge in [0.05, 0.1) is 12.1 Å². The number of carbonyl (C=O) groups excluding carboxylic acids is 3. The van der Waals surface area contributed by atoms with Gasteiger partial charge in [-0.15, -0.1) is 0 Å². The van der Waals surface area contributed by atoms with E-state index in [0.717, 1.165) is 0 Å². The van der Waals surface area contributed by atoms with Crippen LogP contribution in [0, 0.1) is 5.92 Å². The Morgan fingerprint density at radius 3 is 1.85 bits per heavy atom. The molecule has 192 valence electrons. The molecular weight excluding hydrogens is 440 g/mol. The van der Waals surface area contributed by atoms with E-state index in [0.29, 0.717) is 5.69 Å². The number of aromatic hydroxyl groups is 1. The molecule has 0 saturated heterocycles. The molecule has 0 spiro atoms. The molecule has 34 heavy (non-hydrogen) atoms. The van der Waals surface area contributed by atoms with Gasteiger partial charge in [-0.25, -0.2) is 9.59 Å². The zero-order valence-electron chi connectivity index (χ0n) is 21.9. The fourth-order valence-corrected chi connectivity index (χ4v) is 2.92. The molecule has 1 aromatic heterocycles. The van der Waals surface area contributed by atoms with Gasteiger partial charge < -0.3 is 24.6 Å². The summed E-state index contributed by atoms with van der Waals surface area (Å²) in [6, 6.07) is 2.09. The molecular formula is C25H40N2O7. The first-order valence-electron chi connectivity index (χ1n) is 11.4. The van der Waals surface area contributed by atoms with Crippen LogP contribution in [0.25, 0.3) is 0 Å². The lowest BCUT2D eigenvalue weighted by Crippen LogP contribution is -2.46. The van der Waals surface area contributed by atoms with Gasteiger partial charge in [0.25, 0.3) is 0 Å². The number of amides is 1. The number of rotatable bonds is 8. The SMILES string of the molecule is CC(C)(C)OC(=O)N[C@@H](CCC(Cc1ccc(O)cn1)C(=O)OC(C)(C)C)C(=O)OC(C)(C)C. The second-order valence-electron chi connectivity index (χ2n) is 11.3. The van der Waals surface area contributed by atoms with E-state index in [1.165, 1.54) is 12.3 Å². The first-order valence-corrected chi connectivity index (χ1v) is 11.4. The lowest BCUT2D eigenvalue weighted by atomic mass is 9.94. The largest absolute Gasteiger partial charge is 0.506 e. The Balaban J connectivity index is 3.07. The molecule has 0 aliphatic rings. The topological polar surface area (TPSA) is 124 Å². The maximum atomic E-state index is 12.9. The van der Waals surface area contributed by atoms with E-state index in [1.807, 2.05) is 0 Å². The van der Waals surface area contributed by atoms with Crippen molar-refractivity contribution >= 4 is 18.0 Å². The minimum absolute atomic E-state index is 0.0177. The number of carbonyl (C=O) groups is 3. The van der Waals surface area contributed by atoms with Crippen molar-refractivity contribution in [3.63, 3.8) is 0 Å². The third-order valence-electron chi connectivity index (χ3n) is 4.19. The Hall–Kier alpha value is -2.84. The Kier molecular flexibility index (Phi) is 9.90. The van der Waals surface area contributed by atoms with Gasteiger partial charge in [0.2, 0.25) is 0 Å². The molecule has 0 aliphatic heterocycles. The number of hydrogen-bond acceptors (Lipinski definition) is 8. The number of pyridine rings is 1. The average Bonchev–Trinajstić information content (AvgIpc) is 2.61. The van der Waals surface area contributed by atoms with Gasteiger partial charge >= 0.3 is 18.0 Å². The van der Waals surface area contributed by atoms with Crippen LogP contribution < -0.4 is 5.32 Å². The summed E-state index contributed by atoms with van der Waals surface area (Å²) in [4.78, 5) is 42.3. The highest BCUT2D eigenvalue weighted by molar-refractivity contribution is 5.82. The maximum Gasteiger partial charge on any atom is 0.408 e. The fraction of sp³-hybridized carbons (Fsp3) is 0.680. The average molecular weight is 481 g/mol. The van der Waals surface area contributed by atoms with E-state index in [2.05, 4.69) is 10.3 Å². The van der Waals surface area contributed by atoms with Crippen LogP contribution in [0.5, 0.6) is 5.75 Å². The molecule has 2 atom stereocenters. The molecule has 0 saturated carbocycles. The number of nitrogens with one attached hydrogen (secondary N) is 1.